The predicted molar refractivity (Wildman–Crippen MR) is 148 cm³/mol. The zero-order valence-corrected chi connectivity index (χ0v) is 23.1. The second kappa shape index (κ2) is 12.4. The summed E-state index contributed by atoms with van der Waals surface area (Å²) in [5.41, 5.74) is 2.36. The number of benzene rings is 3. The van der Waals surface area contributed by atoms with E-state index in [-0.39, 0.29) is 13.0 Å². The van der Waals surface area contributed by atoms with Gasteiger partial charge in [0.05, 0.1) is 11.9 Å². The van der Waals surface area contributed by atoms with Gasteiger partial charge in [0.2, 0.25) is 21.8 Å². The van der Waals surface area contributed by atoms with E-state index in [0.29, 0.717) is 26.9 Å². The van der Waals surface area contributed by atoms with Gasteiger partial charge >= 0.3 is 0 Å². The molecule has 0 radical (unpaired) electrons. The Labute approximate surface area is 228 Å². The third-order valence-corrected chi connectivity index (χ3v) is 7.81. The summed E-state index contributed by atoms with van der Waals surface area (Å²) in [5, 5.41) is 3.30. The number of halogens is 2. The van der Waals surface area contributed by atoms with E-state index in [1.807, 2.05) is 30.3 Å². The molecule has 2 amide bonds. The van der Waals surface area contributed by atoms with Gasteiger partial charge in [-0.3, -0.25) is 13.9 Å². The Morgan fingerprint density at radius 2 is 1.51 bits per heavy atom. The van der Waals surface area contributed by atoms with Gasteiger partial charge in [0, 0.05) is 35.6 Å². The van der Waals surface area contributed by atoms with E-state index >= 15 is 0 Å². The first-order valence-corrected chi connectivity index (χ1v) is 14.1. The molecule has 0 fully saturated rings. The lowest BCUT2D eigenvalue weighted by Crippen LogP contribution is -2.53. The van der Waals surface area contributed by atoms with Crippen LogP contribution in [0.15, 0.2) is 72.8 Å². The average Bonchev–Trinajstić information content (AvgIpc) is 2.86. The number of carbonyl (C=O) groups excluding carboxylic acids is 2. The number of sulfonamides is 1. The number of nitrogens with one attached hydrogen (secondary N) is 1. The van der Waals surface area contributed by atoms with Crippen molar-refractivity contribution < 1.29 is 18.0 Å². The number of nitrogens with zero attached hydrogens (tertiary/aromatic N) is 2. The maximum Gasteiger partial charge on any atom is 0.244 e. The lowest BCUT2D eigenvalue weighted by molar-refractivity contribution is -0.139. The SMILES string of the molecule is CNC(=O)C(Cc1ccccc1)N(Cc1c(Cl)cccc1Cl)C(=O)CN(c1ccccc1C)S(C)(=O)=O. The normalized spacial score (nSPS) is 12.0. The number of likely N-dealkylation sites (N-methyl/N-ethyl adjacent to an activating group) is 1. The number of aryl methyl sites for hydroxylation is 1. The van der Waals surface area contributed by atoms with E-state index in [0.717, 1.165) is 16.1 Å². The number of anilines is 1. The van der Waals surface area contributed by atoms with Crippen molar-refractivity contribution in [3.63, 3.8) is 0 Å². The Kier molecular flexibility index (Phi) is 9.59. The van der Waals surface area contributed by atoms with E-state index in [1.165, 1.54) is 11.9 Å². The van der Waals surface area contributed by atoms with Crippen LogP contribution in [0.3, 0.4) is 0 Å². The first kappa shape index (κ1) is 28.5. The van der Waals surface area contributed by atoms with Crippen molar-refractivity contribution in [2.24, 2.45) is 0 Å². The highest BCUT2D eigenvalue weighted by Crippen LogP contribution is 2.28. The van der Waals surface area contributed by atoms with Crippen LogP contribution in [0.2, 0.25) is 10.0 Å². The summed E-state index contributed by atoms with van der Waals surface area (Å²) in [6.45, 7) is 1.17. The van der Waals surface area contributed by atoms with Crippen molar-refractivity contribution in [1.29, 1.82) is 0 Å². The fourth-order valence-electron chi connectivity index (χ4n) is 4.01. The fraction of sp³-hybridized carbons (Fsp3) is 0.259. The van der Waals surface area contributed by atoms with Crippen LogP contribution in [0.25, 0.3) is 0 Å². The molecule has 1 N–H and O–H groups in total. The molecule has 0 heterocycles. The highest BCUT2D eigenvalue weighted by atomic mass is 35.5. The maximum absolute atomic E-state index is 13.9. The van der Waals surface area contributed by atoms with Gasteiger partial charge in [0.1, 0.15) is 12.6 Å². The standard InChI is InChI=1S/C27H29Cl2N3O4S/c1-19-10-7-8-15-24(19)32(37(3,35)36)18-26(33)31(17-21-22(28)13-9-14-23(21)29)25(27(34)30-2)16-20-11-5-4-6-12-20/h4-15,25H,16-18H2,1-3H3,(H,30,34). The summed E-state index contributed by atoms with van der Waals surface area (Å²) >= 11 is 12.8. The van der Waals surface area contributed by atoms with Gasteiger partial charge < -0.3 is 10.2 Å². The van der Waals surface area contributed by atoms with E-state index in [2.05, 4.69) is 5.32 Å². The number of hydrogen-bond donors (Lipinski definition) is 1. The maximum atomic E-state index is 13.9. The van der Waals surface area contributed by atoms with Gasteiger partial charge in [-0.05, 0) is 36.2 Å². The van der Waals surface area contributed by atoms with Crippen LogP contribution in [0.5, 0.6) is 0 Å². The summed E-state index contributed by atoms with van der Waals surface area (Å²) in [6.07, 6.45) is 1.25. The number of hydrogen-bond acceptors (Lipinski definition) is 4. The molecule has 196 valence electrons. The molecule has 0 spiro atoms. The van der Waals surface area contributed by atoms with Crippen molar-refractivity contribution in [3.8, 4) is 0 Å². The minimum Gasteiger partial charge on any atom is -0.357 e. The number of amides is 2. The van der Waals surface area contributed by atoms with Crippen LogP contribution in [0.4, 0.5) is 5.69 Å². The molecule has 0 saturated heterocycles. The summed E-state index contributed by atoms with van der Waals surface area (Å²) in [4.78, 5) is 28.4. The molecule has 1 unspecified atom stereocenters. The zero-order valence-electron chi connectivity index (χ0n) is 20.8. The van der Waals surface area contributed by atoms with Gasteiger partial charge in [0.15, 0.2) is 0 Å². The monoisotopic (exact) mass is 561 g/mol. The second-order valence-electron chi connectivity index (χ2n) is 8.60. The number of para-hydroxylation sites is 1. The Bertz CT molecular complexity index is 1350. The summed E-state index contributed by atoms with van der Waals surface area (Å²) in [6, 6.07) is 20.2. The zero-order chi connectivity index (χ0) is 27.2. The van der Waals surface area contributed by atoms with E-state index in [1.54, 1.807) is 49.4 Å². The summed E-state index contributed by atoms with van der Waals surface area (Å²) < 4.78 is 26.6. The highest BCUT2D eigenvalue weighted by molar-refractivity contribution is 7.92. The van der Waals surface area contributed by atoms with Crippen molar-refractivity contribution in [3.05, 3.63) is 99.5 Å². The van der Waals surface area contributed by atoms with Crippen LogP contribution in [-0.4, -0.2) is 51.0 Å². The Morgan fingerprint density at radius 1 is 0.919 bits per heavy atom. The van der Waals surface area contributed by atoms with Gasteiger partial charge in [-0.25, -0.2) is 8.42 Å². The third-order valence-electron chi connectivity index (χ3n) is 5.97. The topological polar surface area (TPSA) is 86.8 Å². The molecule has 0 aliphatic rings. The molecule has 0 aliphatic carbocycles. The fourth-order valence-corrected chi connectivity index (χ4v) is 5.44. The van der Waals surface area contributed by atoms with Crippen molar-refractivity contribution >= 4 is 50.7 Å². The minimum absolute atomic E-state index is 0.0896. The smallest absolute Gasteiger partial charge is 0.244 e. The lowest BCUT2D eigenvalue weighted by Gasteiger charge is -2.33. The van der Waals surface area contributed by atoms with Gasteiger partial charge in [-0.1, -0.05) is 77.8 Å². The molecule has 10 heteroatoms. The number of carbonyl (C=O) groups is 2. The minimum atomic E-state index is -3.84. The highest BCUT2D eigenvalue weighted by Gasteiger charge is 2.33. The van der Waals surface area contributed by atoms with Crippen molar-refractivity contribution in [1.82, 2.24) is 10.2 Å². The van der Waals surface area contributed by atoms with Crippen LogP contribution in [0.1, 0.15) is 16.7 Å². The van der Waals surface area contributed by atoms with Gasteiger partial charge in [-0.2, -0.15) is 0 Å². The van der Waals surface area contributed by atoms with Crippen LogP contribution in [0, 0.1) is 6.92 Å². The van der Waals surface area contributed by atoms with Gasteiger partial charge in [0.25, 0.3) is 0 Å². The first-order valence-electron chi connectivity index (χ1n) is 11.5. The molecule has 3 aromatic carbocycles. The van der Waals surface area contributed by atoms with Gasteiger partial charge in [-0.15, -0.1) is 0 Å². The quantitative estimate of drug-likeness (QED) is 0.396. The molecule has 0 bridgehead atoms. The molecular formula is C27H29Cl2N3O4S. The number of rotatable bonds is 10. The second-order valence-corrected chi connectivity index (χ2v) is 11.3. The molecule has 1 atom stereocenters. The first-order chi connectivity index (χ1) is 17.5. The molecule has 7 nitrogen and oxygen atoms in total. The molecule has 0 aliphatic heterocycles. The van der Waals surface area contributed by atoms with Crippen LogP contribution >= 0.6 is 23.2 Å². The van der Waals surface area contributed by atoms with Crippen LogP contribution in [-0.2, 0) is 32.6 Å². The largest absolute Gasteiger partial charge is 0.357 e. The molecular weight excluding hydrogens is 533 g/mol. The Balaban J connectivity index is 2.08. The molecule has 3 rings (SSSR count). The lowest BCUT2D eigenvalue weighted by atomic mass is 10.0. The van der Waals surface area contributed by atoms with Crippen LogP contribution < -0.4 is 9.62 Å². The summed E-state index contributed by atoms with van der Waals surface area (Å²) in [7, 11) is -2.35. The predicted octanol–water partition coefficient (Wildman–Crippen LogP) is 4.45. The van der Waals surface area contributed by atoms with E-state index in [9.17, 15) is 18.0 Å². The summed E-state index contributed by atoms with van der Waals surface area (Å²) in [5.74, 6) is -0.976. The Morgan fingerprint density at radius 3 is 2.08 bits per heavy atom. The Hall–Kier alpha value is -3.07. The van der Waals surface area contributed by atoms with E-state index < -0.39 is 34.4 Å². The molecule has 37 heavy (non-hydrogen) atoms. The average molecular weight is 563 g/mol. The third kappa shape index (κ3) is 7.25. The molecule has 3 aromatic rings. The van der Waals surface area contributed by atoms with Crippen molar-refractivity contribution in [2.75, 3.05) is 24.2 Å². The molecule has 0 aromatic heterocycles. The van der Waals surface area contributed by atoms with E-state index in [4.69, 9.17) is 23.2 Å². The van der Waals surface area contributed by atoms with Crippen molar-refractivity contribution in [2.45, 2.75) is 25.9 Å². The molecule has 0 saturated carbocycles.